The van der Waals surface area contributed by atoms with E-state index in [9.17, 15) is 5.11 Å². The van der Waals surface area contributed by atoms with Gasteiger partial charge >= 0.3 is 0 Å². The number of nitrogen functional groups attached to an aromatic ring is 1. The lowest BCUT2D eigenvalue weighted by Gasteiger charge is -2.39. The van der Waals surface area contributed by atoms with E-state index in [0.29, 0.717) is 6.54 Å². The minimum atomic E-state index is -0.651. The zero-order chi connectivity index (χ0) is 12.5. The number of hydrogen-bond acceptors (Lipinski definition) is 3. The number of para-hydroxylation sites is 1. The summed E-state index contributed by atoms with van der Waals surface area (Å²) >= 11 is 0. The van der Waals surface area contributed by atoms with Crippen molar-refractivity contribution >= 4 is 11.5 Å². The quantitative estimate of drug-likeness (QED) is 0.533. The minimum absolute atomic E-state index is 0.0748. The first kappa shape index (κ1) is 11.9. The van der Waals surface area contributed by atoms with E-state index in [1.807, 2.05) is 31.2 Å². The molecule has 0 radical (unpaired) electrons. The van der Waals surface area contributed by atoms with E-state index in [-0.39, 0.29) is 5.84 Å². The number of nitrogens with zero attached hydrogens (tertiary/aromatic N) is 1. The van der Waals surface area contributed by atoms with E-state index in [1.54, 1.807) is 0 Å². The monoisotopic (exact) mass is 233 g/mol. The summed E-state index contributed by atoms with van der Waals surface area (Å²) in [4.78, 5) is 2.11. The number of hydrogen-bond donors (Lipinski definition) is 3. The largest absolute Gasteiger partial charge is 0.388 e. The normalized spacial score (nSPS) is 24.7. The first-order chi connectivity index (χ1) is 7.99. The van der Waals surface area contributed by atoms with Gasteiger partial charge in [-0.05, 0) is 31.9 Å². The number of nitrogens with two attached hydrogens (primary N) is 1. The van der Waals surface area contributed by atoms with Crippen LogP contribution in [0.3, 0.4) is 0 Å². The molecule has 4 N–H and O–H groups in total. The van der Waals surface area contributed by atoms with Gasteiger partial charge in [0.1, 0.15) is 5.84 Å². The maximum Gasteiger partial charge on any atom is 0.124 e. The molecular weight excluding hydrogens is 214 g/mol. The van der Waals surface area contributed by atoms with Crippen molar-refractivity contribution in [3.8, 4) is 0 Å². The third kappa shape index (κ3) is 2.58. The lowest BCUT2D eigenvalue weighted by atomic mass is 9.94. The predicted octanol–water partition coefficient (Wildman–Crippen LogP) is 1.32. The van der Waals surface area contributed by atoms with Gasteiger partial charge in [-0.3, -0.25) is 5.41 Å². The number of anilines is 1. The Morgan fingerprint density at radius 1 is 1.47 bits per heavy atom. The van der Waals surface area contributed by atoms with Crippen molar-refractivity contribution in [3.05, 3.63) is 29.8 Å². The Labute approximate surface area is 102 Å². The van der Waals surface area contributed by atoms with Crippen LogP contribution >= 0.6 is 0 Å². The highest BCUT2D eigenvalue weighted by Gasteiger charge is 2.29. The Kier molecular flexibility index (Phi) is 3.07. The van der Waals surface area contributed by atoms with E-state index >= 15 is 0 Å². The Bertz CT molecular complexity index is 428. The zero-order valence-corrected chi connectivity index (χ0v) is 10.1. The Morgan fingerprint density at radius 3 is 2.82 bits per heavy atom. The van der Waals surface area contributed by atoms with Crippen LogP contribution < -0.4 is 10.6 Å². The molecule has 1 unspecified atom stereocenters. The molecule has 0 bridgehead atoms. The molecule has 1 aromatic carbocycles. The fraction of sp³-hybridized carbons (Fsp3) is 0.462. The van der Waals surface area contributed by atoms with Crippen LogP contribution in [-0.2, 0) is 0 Å². The number of rotatable bonds is 2. The van der Waals surface area contributed by atoms with Gasteiger partial charge in [-0.15, -0.1) is 0 Å². The number of amidine groups is 1. The zero-order valence-electron chi connectivity index (χ0n) is 10.1. The number of piperidine rings is 1. The average Bonchev–Trinajstić information content (AvgIpc) is 2.27. The van der Waals surface area contributed by atoms with Gasteiger partial charge in [-0.25, -0.2) is 0 Å². The van der Waals surface area contributed by atoms with E-state index in [4.69, 9.17) is 11.1 Å². The van der Waals surface area contributed by atoms with Crippen LogP contribution in [0.15, 0.2) is 24.3 Å². The molecule has 4 nitrogen and oxygen atoms in total. The molecule has 2 rings (SSSR count). The molecule has 1 saturated heterocycles. The molecule has 1 fully saturated rings. The van der Waals surface area contributed by atoms with E-state index < -0.39 is 5.60 Å². The topological polar surface area (TPSA) is 73.3 Å². The van der Waals surface area contributed by atoms with Crippen LogP contribution in [0.4, 0.5) is 5.69 Å². The van der Waals surface area contributed by atoms with Crippen molar-refractivity contribution in [2.75, 3.05) is 18.0 Å². The van der Waals surface area contributed by atoms with Crippen molar-refractivity contribution in [2.45, 2.75) is 25.4 Å². The average molecular weight is 233 g/mol. The summed E-state index contributed by atoms with van der Waals surface area (Å²) in [5.41, 5.74) is 6.62. The second-order valence-corrected chi connectivity index (χ2v) is 4.95. The minimum Gasteiger partial charge on any atom is -0.388 e. The standard InChI is InChI=1S/C13H19N3O/c1-13(17)7-4-8-16(9-13)11-6-3-2-5-10(11)12(14)15/h2-3,5-6,17H,4,7-9H2,1H3,(H3,14,15). The third-order valence-electron chi connectivity index (χ3n) is 3.21. The second kappa shape index (κ2) is 4.37. The summed E-state index contributed by atoms with van der Waals surface area (Å²) in [6.45, 7) is 3.35. The van der Waals surface area contributed by atoms with Crippen LogP contribution in [0, 0.1) is 5.41 Å². The van der Waals surface area contributed by atoms with Gasteiger partial charge in [0, 0.05) is 24.3 Å². The van der Waals surface area contributed by atoms with Crippen molar-refractivity contribution in [1.82, 2.24) is 0 Å². The van der Waals surface area contributed by atoms with Crippen molar-refractivity contribution in [3.63, 3.8) is 0 Å². The second-order valence-electron chi connectivity index (χ2n) is 4.95. The molecule has 1 aliphatic heterocycles. The third-order valence-corrected chi connectivity index (χ3v) is 3.21. The summed E-state index contributed by atoms with van der Waals surface area (Å²) in [5.74, 6) is 0.0748. The molecule has 1 aromatic rings. The summed E-state index contributed by atoms with van der Waals surface area (Å²) in [6, 6.07) is 7.62. The van der Waals surface area contributed by atoms with Crippen molar-refractivity contribution in [2.24, 2.45) is 5.73 Å². The van der Waals surface area contributed by atoms with Gasteiger partial charge in [0.25, 0.3) is 0 Å². The van der Waals surface area contributed by atoms with E-state index in [0.717, 1.165) is 30.6 Å². The number of aliphatic hydroxyl groups is 1. The molecule has 0 amide bonds. The van der Waals surface area contributed by atoms with Crippen LogP contribution in [0.2, 0.25) is 0 Å². The van der Waals surface area contributed by atoms with Crippen molar-refractivity contribution < 1.29 is 5.11 Å². The number of β-amino-alcohol motifs (C(OH)–C–C–N with tert-alkyl or cyclic N) is 1. The van der Waals surface area contributed by atoms with Gasteiger partial charge in [-0.1, -0.05) is 12.1 Å². The SMILES string of the molecule is CC1(O)CCCN(c2ccccc2C(=N)N)C1. The first-order valence-electron chi connectivity index (χ1n) is 5.90. The summed E-state index contributed by atoms with van der Waals surface area (Å²) < 4.78 is 0. The van der Waals surface area contributed by atoms with Gasteiger partial charge in [0.05, 0.1) is 5.60 Å². The molecule has 0 aliphatic carbocycles. The molecule has 1 heterocycles. The van der Waals surface area contributed by atoms with Crippen LogP contribution in [0.1, 0.15) is 25.3 Å². The molecule has 0 spiro atoms. The number of benzene rings is 1. The van der Waals surface area contributed by atoms with Crippen LogP contribution in [0.25, 0.3) is 0 Å². The molecule has 4 heteroatoms. The highest BCUT2D eigenvalue weighted by atomic mass is 16.3. The van der Waals surface area contributed by atoms with Gasteiger partial charge in [0.2, 0.25) is 0 Å². The Morgan fingerprint density at radius 2 is 2.18 bits per heavy atom. The van der Waals surface area contributed by atoms with Gasteiger partial charge in [0.15, 0.2) is 0 Å². The molecular formula is C13H19N3O. The molecule has 1 atom stereocenters. The van der Waals surface area contributed by atoms with Gasteiger partial charge in [-0.2, -0.15) is 0 Å². The molecule has 0 aromatic heterocycles. The fourth-order valence-corrected chi connectivity index (χ4v) is 2.40. The lowest BCUT2D eigenvalue weighted by molar-refractivity contribution is 0.0449. The maximum atomic E-state index is 10.1. The van der Waals surface area contributed by atoms with Crippen LogP contribution in [0.5, 0.6) is 0 Å². The molecule has 0 saturated carbocycles. The smallest absolute Gasteiger partial charge is 0.124 e. The lowest BCUT2D eigenvalue weighted by Crippen LogP contribution is -2.46. The Hall–Kier alpha value is -1.55. The first-order valence-corrected chi connectivity index (χ1v) is 5.90. The van der Waals surface area contributed by atoms with Crippen LogP contribution in [-0.4, -0.2) is 29.6 Å². The molecule has 17 heavy (non-hydrogen) atoms. The number of nitrogens with one attached hydrogen (secondary N) is 1. The summed E-state index contributed by atoms with van der Waals surface area (Å²) in [7, 11) is 0. The van der Waals surface area contributed by atoms with E-state index in [2.05, 4.69) is 4.90 Å². The van der Waals surface area contributed by atoms with Crippen molar-refractivity contribution in [1.29, 1.82) is 5.41 Å². The predicted molar refractivity (Wildman–Crippen MR) is 69.5 cm³/mol. The highest BCUT2D eigenvalue weighted by Crippen LogP contribution is 2.27. The van der Waals surface area contributed by atoms with E-state index in [1.165, 1.54) is 0 Å². The van der Waals surface area contributed by atoms with Gasteiger partial charge < -0.3 is 15.7 Å². The highest BCUT2D eigenvalue weighted by molar-refractivity contribution is 6.00. The fourth-order valence-electron chi connectivity index (χ4n) is 2.40. The maximum absolute atomic E-state index is 10.1. The summed E-state index contributed by atoms with van der Waals surface area (Å²) in [6.07, 6.45) is 1.78. The molecule has 1 aliphatic rings. The molecule has 92 valence electrons. The Balaban J connectivity index is 2.30. The summed E-state index contributed by atoms with van der Waals surface area (Å²) in [5, 5.41) is 17.7.